The predicted octanol–water partition coefficient (Wildman–Crippen LogP) is 5.43. The van der Waals surface area contributed by atoms with Crippen LogP contribution in [-0.2, 0) is 9.53 Å². The molecule has 0 fully saturated rings. The highest BCUT2D eigenvalue weighted by Gasteiger charge is 2.24. The summed E-state index contributed by atoms with van der Waals surface area (Å²) in [4.78, 5) is 38.0. The van der Waals surface area contributed by atoms with Crippen molar-refractivity contribution in [2.75, 3.05) is 5.01 Å². The number of anilines is 1. The van der Waals surface area contributed by atoms with Gasteiger partial charge in [0, 0.05) is 17.4 Å². The van der Waals surface area contributed by atoms with Gasteiger partial charge < -0.3 is 9.47 Å². The number of rotatable bonds is 4. The van der Waals surface area contributed by atoms with Crippen LogP contribution >= 0.6 is 11.3 Å². The lowest BCUT2D eigenvalue weighted by molar-refractivity contribution is -0.131. The van der Waals surface area contributed by atoms with E-state index in [1.54, 1.807) is 38.2 Å². The lowest BCUT2D eigenvalue weighted by Crippen LogP contribution is -2.48. The second-order valence-electron chi connectivity index (χ2n) is 7.90. The van der Waals surface area contributed by atoms with Crippen molar-refractivity contribution in [2.24, 2.45) is 0 Å². The number of carbonyl (C=O) groups excluding carboxylic acids is 3. The molecule has 1 heterocycles. The van der Waals surface area contributed by atoms with E-state index >= 15 is 0 Å². The summed E-state index contributed by atoms with van der Waals surface area (Å²) in [6.07, 6.45) is -0.760. The van der Waals surface area contributed by atoms with Crippen LogP contribution < -0.4 is 15.2 Å². The molecule has 32 heavy (non-hydrogen) atoms. The second-order valence-corrected chi connectivity index (χ2v) is 8.85. The van der Waals surface area contributed by atoms with Gasteiger partial charge in [0.15, 0.2) is 0 Å². The lowest BCUT2D eigenvalue weighted by Gasteiger charge is -2.26. The molecule has 0 unspecified atom stereocenters. The predicted molar refractivity (Wildman–Crippen MR) is 124 cm³/mol. The molecule has 0 saturated carbocycles. The largest absolute Gasteiger partial charge is 0.443 e. The number of nitrogens with zero attached hydrogens (tertiary/aromatic N) is 1. The Kier molecular flexibility index (Phi) is 6.95. The average Bonchev–Trinajstić information content (AvgIpc) is 3.25. The van der Waals surface area contributed by atoms with Crippen molar-refractivity contribution in [3.8, 4) is 16.2 Å². The molecule has 2 aromatic carbocycles. The van der Waals surface area contributed by atoms with Crippen molar-refractivity contribution in [3.05, 3.63) is 71.6 Å². The first-order chi connectivity index (χ1) is 15.1. The molecule has 0 saturated heterocycles. The third kappa shape index (κ3) is 6.18. The van der Waals surface area contributed by atoms with Gasteiger partial charge in [-0.05, 0) is 74.2 Å². The van der Waals surface area contributed by atoms with Gasteiger partial charge in [-0.1, -0.05) is 18.2 Å². The van der Waals surface area contributed by atoms with Crippen LogP contribution in [0.1, 0.15) is 38.1 Å². The monoisotopic (exact) mass is 452 g/mol. The van der Waals surface area contributed by atoms with Crippen molar-refractivity contribution >= 4 is 35.0 Å². The van der Waals surface area contributed by atoms with Crippen LogP contribution in [0.2, 0.25) is 0 Å². The number of carbonyl (C=O) groups is 3. The first-order valence-corrected chi connectivity index (χ1v) is 10.8. The van der Waals surface area contributed by atoms with Crippen molar-refractivity contribution in [3.63, 3.8) is 0 Å². The number of benzene rings is 2. The van der Waals surface area contributed by atoms with Gasteiger partial charge in [0.05, 0.1) is 5.69 Å². The Morgan fingerprint density at radius 2 is 1.69 bits per heavy atom. The first kappa shape index (κ1) is 23.0. The number of nitrogens with one attached hydrogen (secondary N) is 1. The maximum atomic E-state index is 13.3. The summed E-state index contributed by atoms with van der Waals surface area (Å²) < 4.78 is 10.4. The molecule has 0 atom stereocenters. The van der Waals surface area contributed by atoms with Crippen LogP contribution in [0.5, 0.6) is 5.75 Å². The van der Waals surface area contributed by atoms with E-state index in [0.29, 0.717) is 17.0 Å². The van der Waals surface area contributed by atoms with E-state index in [9.17, 15) is 14.4 Å². The Morgan fingerprint density at radius 3 is 2.28 bits per heavy atom. The van der Waals surface area contributed by atoms with Crippen molar-refractivity contribution < 1.29 is 23.9 Å². The molecular formula is C24H24N2O5S. The summed E-state index contributed by atoms with van der Waals surface area (Å²) in [6, 6.07) is 17.3. The number of thiophene rings is 1. The molecule has 2 amide bonds. The van der Waals surface area contributed by atoms with Crippen molar-refractivity contribution in [1.29, 1.82) is 0 Å². The second kappa shape index (κ2) is 9.65. The van der Waals surface area contributed by atoms with Gasteiger partial charge in [-0.3, -0.25) is 9.59 Å². The highest BCUT2D eigenvalue weighted by atomic mass is 32.1. The minimum absolute atomic E-state index is 0.290. The Balaban J connectivity index is 1.93. The van der Waals surface area contributed by atoms with Gasteiger partial charge >= 0.3 is 12.1 Å². The van der Waals surface area contributed by atoms with Crippen molar-refractivity contribution in [1.82, 2.24) is 5.43 Å². The minimum Gasteiger partial charge on any atom is -0.443 e. The molecule has 1 N–H and O–H groups in total. The summed E-state index contributed by atoms with van der Waals surface area (Å²) in [5, 5.41) is 3.11. The van der Waals surface area contributed by atoms with E-state index in [2.05, 4.69) is 5.43 Å². The molecule has 0 bridgehead atoms. The van der Waals surface area contributed by atoms with Crippen LogP contribution in [0.15, 0.2) is 66.0 Å². The maximum Gasteiger partial charge on any atom is 0.427 e. The van der Waals surface area contributed by atoms with Gasteiger partial charge in [0.25, 0.3) is 5.91 Å². The fraction of sp³-hybridized carbons (Fsp3) is 0.208. The molecule has 3 aromatic rings. The fourth-order valence-corrected chi connectivity index (χ4v) is 3.55. The van der Waals surface area contributed by atoms with Crippen LogP contribution in [0.3, 0.4) is 0 Å². The number of hydrogen-bond acceptors (Lipinski definition) is 6. The minimum atomic E-state index is -0.760. The summed E-state index contributed by atoms with van der Waals surface area (Å²) in [6.45, 7) is 6.52. The van der Waals surface area contributed by atoms with Crippen LogP contribution in [0, 0.1) is 0 Å². The summed E-state index contributed by atoms with van der Waals surface area (Å²) in [7, 11) is 0. The van der Waals surface area contributed by atoms with Crippen LogP contribution in [0.25, 0.3) is 10.4 Å². The zero-order valence-electron chi connectivity index (χ0n) is 18.2. The number of esters is 1. The average molecular weight is 453 g/mol. The summed E-state index contributed by atoms with van der Waals surface area (Å²) in [5.41, 5.74) is 3.48. The maximum absolute atomic E-state index is 13.3. The van der Waals surface area contributed by atoms with Gasteiger partial charge in [-0.25, -0.2) is 15.2 Å². The standard InChI is InChI=1S/C24H24N2O5S/c1-16(27)30-20-12-10-17(11-13-20)22(28)26(25-23(29)31-24(2,3)4)19-8-5-7-18(15-19)21-9-6-14-32-21/h5-15H,1-4H3,(H,25,29). The van der Waals surface area contributed by atoms with Gasteiger partial charge in [-0.15, -0.1) is 11.3 Å². The van der Waals surface area contributed by atoms with Crippen LogP contribution in [-0.4, -0.2) is 23.6 Å². The third-order valence-electron chi connectivity index (χ3n) is 4.08. The quantitative estimate of drug-likeness (QED) is 0.324. The summed E-state index contributed by atoms with van der Waals surface area (Å²) in [5.74, 6) is -0.614. The van der Waals surface area contributed by atoms with Crippen LogP contribution in [0.4, 0.5) is 10.5 Å². The van der Waals surface area contributed by atoms with Gasteiger partial charge in [0.2, 0.25) is 0 Å². The van der Waals surface area contributed by atoms with E-state index in [4.69, 9.17) is 9.47 Å². The fourth-order valence-electron chi connectivity index (χ4n) is 2.83. The number of hydrazine groups is 1. The SMILES string of the molecule is CC(=O)Oc1ccc(C(=O)N(NC(=O)OC(C)(C)C)c2cccc(-c3cccs3)c2)cc1. The molecule has 7 nitrogen and oxygen atoms in total. The Bertz CT molecular complexity index is 1100. The molecule has 0 aliphatic heterocycles. The first-order valence-electron chi connectivity index (χ1n) is 9.89. The zero-order chi connectivity index (χ0) is 23.3. The zero-order valence-corrected chi connectivity index (χ0v) is 19.1. The molecule has 166 valence electrons. The third-order valence-corrected chi connectivity index (χ3v) is 5.00. The summed E-state index contributed by atoms with van der Waals surface area (Å²) >= 11 is 1.57. The Labute approximate surface area is 190 Å². The molecule has 0 spiro atoms. The number of amides is 2. The van der Waals surface area contributed by atoms with E-state index in [1.807, 2.05) is 35.7 Å². The molecule has 3 rings (SSSR count). The molecule has 0 aliphatic rings. The van der Waals surface area contributed by atoms with Gasteiger partial charge in [-0.2, -0.15) is 0 Å². The van der Waals surface area contributed by atoms with E-state index in [1.165, 1.54) is 31.2 Å². The highest BCUT2D eigenvalue weighted by molar-refractivity contribution is 7.13. The number of hydrogen-bond donors (Lipinski definition) is 1. The van der Waals surface area contributed by atoms with Gasteiger partial charge in [0.1, 0.15) is 11.4 Å². The lowest BCUT2D eigenvalue weighted by atomic mass is 10.1. The smallest absolute Gasteiger partial charge is 0.427 e. The molecule has 8 heteroatoms. The Morgan fingerprint density at radius 1 is 0.969 bits per heavy atom. The molecular weight excluding hydrogens is 428 g/mol. The molecule has 0 radical (unpaired) electrons. The number of ether oxygens (including phenoxy) is 2. The van der Waals surface area contributed by atoms with E-state index in [0.717, 1.165) is 15.4 Å². The topological polar surface area (TPSA) is 84.9 Å². The molecule has 1 aromatic heterocycles. The Hall–Kier alpha value is -3.65. The van der Waals surface area contributed by atoms with E-state index in [-0.39, 0.29) is 0 Å². The normalized spacial score (nSPS) is 10.9. The highest BCUT2D eigenvalue weighted by Crippen LogP contribution is 2.28. The van der Waals surface area contributed by atoms with Crippen molar-refractivity contribution in [2.45, 2.75) is 33.3 Å². The molecule has 0 aliphatic carbocycles. The van der Waals surface area contributed by atoms with E-state index < -0.39 is 23.6 Å².